The van der Waals surface area contributed by atoms with Crippen molar-refractivity contribution >= 4 is 47.2 Å². The molecule has 0 saturated carbocycles. The minimum atomic E-state index is -1.14. The molecule has 148 valence electrons. The van der Waals surface area contributed by atoms with E-state index < -0.39 is 30.4 Å². The highest BCUT2D eigenvalue weighted by Gasteiger charge is 2.37. The summed E-state index contributed by atoms with van der Waals surface area (Å²) in [5, 5.41) is 11.2. The van der Waals surface area contributed by atoms with E-state index in [0.717, 1.165) is 4.90 Å². The van der Waals surface area contributed by atoms with E-state index in [2.05, 4.69) is 5.32 Å². The van der Waals surface area contributed by atoms with Crippen molar-refractivity contribution in [3.8, 4) is 5.75 Å². The van der Waals surface area contributed by atoms with Gasteiger partial charge in [-0.3, -0.25) is 14.9 Å². The number of nitrogens with one attached hydrogen (secondary N) is 1. The normalized spacial score (nSPS) is 15.4. The van der Waals surface area contributed by atoms with Gasteiger partial charge in [0.2, 0.25) is 0 Å². The number of rotatable bonds is 5. The predicted molar refractivity (Wildman–Crippen MR) is 105 cm³/mol. The Hall–Kier alpha value is -3.65. The Balaban J connectivity index is 1.97. The first kappa shape index (κ1) is 20.1. The fourth-order valence-electron chi connectivity index (χ4n) is 2.72. The molecule has 1 fully saturated rings. The zero-order valence-electron chi connectivity index (χ0n) is 15.1. The topological polar surface area (TPSA) is 113 Å². The molecule has 2 aromatic rings. The lowest BCUT2D eigenvalue weighted by Gasteiger charge is -2.27. The first-order chi connectivity index (χ1) is 13.8. The van der Waals surface area contributed by atoms with E-state index in [1.54, 1.807) is 43.3 Å². The summed E-state index contributed by atoms with van der Waals surface area (Å²) in [4.78, 5) is 49.0. The molecule has 0 atom stereocenters. The molecule has 0 radical (unpaired) electrons. The highest BCUT2D eigenvalue weighted by atomic mass is 35.5. The molecule has 0 spiro atoms. The van der Waals surface area contributed by atoms with Crippen LogP contribution in [0, 0.1) is 6.92 Å². The molecule has 3 rings (SSSR count). The molecule has 1 aliphatic heterocycles. The van der Waals surface area contributed by atoms with Crippen molar-refractivity contribution in [3.05, 3.63) is 64.2 Å². The standard InChI is InChI=1S/C20H15ClN2O6/c1-11-15(21)6-3-7-16(11)23-19(27)14(18(26)22-20(23)28)9-12-4-2-5-13(8-12)29-10-17(24)25/h2-9H,10H2,1H3,(H,24,25)(H,22,26,28)/b14-9-. The number of benzene rings is 2. The maximum absolute atomic E-state index is 12.9. The molecule has 1 aliphatic rings. The first-order valence-electron chi connectivity index (χ1n) is 8.39. The maximum atomic E-state index is 12.9. The Morgan fingerprint density at radius 3 is 2.66 bits per heavy atom. The second-order valence-corrected chi connectivity index (χ2v) is 6.50. The minimum absolute atomic E-state index is 0.254. The fourth-order valence-corrected chi connectivity index (χ4v) is 2.89. The SMILES string of the molecule is Cc1c(Cl)cccc1N1C(=O)NC(=O)/C(=C/c2cccc(OCC(=O)O)c2)C1=O. The van der Waals surface area contributed by atoms with Crippen molar-refractivity contribution in [2.75, 3.05) is 11.5 Å². The number of hydrogen-bond donors (Lipinski definition) is 2. The van der Waals surface area contributed by atoms with Gasteiger partial charge in [-0.25, -0.2) is 14.5 Å². The second-order valence-electron chi connectivity index (χ2n) is 6.10. The van der Waals surface area contributed by atoms with Crippen LogP contribution in [-0.4, -0.2) is 35.5 Å². The summed E-state index contributed by atoms with van der Waals surface area (Å²) >= 11 is 6.09. The monoisotopic (exact) mass is 414 g/mol. The van der Waals surface area contributed by atoms with Gasteiger partial charge in [0.25, 0.3) is 11.8 Å². The number of halogens is 1. The highest BCUT2D eigenvalue weighted by molar-refractivity contribution is 6.39. The van der Waals surface area contributed by atoms with E-state index in [1.807, 2.05) is 0 Å². The largest absolute Gasteiger partial charge is 0.482 e. The van der Waals surface area contributed by atoms with Gasteiger partial charge in [0.05, 0.1) is 5.69 Å². The summed E-state index contributed by atoms with van der Waals surface area (Å²) in [5.74, 6) is -2.53. The van der Waals surface area contributed by atoms with Crippen LogP contribution in [0.1, 0.15) is 11.1 Å². The van der Waals surface area contributed by atoms with E-state index >= 15 is 0 Å². The fraction of sp³-hybridized carbons (Fsp3) is 0.100. The van der Waals surface area contributed by atoms with Crippen LogP contribution in [0.4, 0.5) is 10.5 Å². The molecule has 4 amide bonds. The minimum Gasteiger partial charge on any atom is -0.482 e. The number of aliphatic carboxylic acids is 1. The van der Waals surface area contributed by atoms with Gasteiger partial charge < -0.3 is 9.84 Å². The molecule has 29 heavy (non-hydrogen) atoms. The van der Waals surface area contributed by atoms with Crippen LogP contribution in [0.25, 0.3) is 6.08 Å². The molecule has 0 aromatic heterocycles. The lowest BCUT2D eigenvalue weighted by Crippen LogP contribution is -2.54. The maximum Gasteiger partial charge on any atom is 0.341 e. The zero-order valence-corrected chi connectivity index (χ0v) is 15.9. The molecule has 0 aliphatic carbocycles. The Morgan fingerprint density at radius 2 is 1.93 bits per heavy atom. The quantitative estimate of drug-likeness (QED) is 0.574. The molecule has 1 saturated heterocycles. The van der Waals surface area contributed by atoms with Gasteiger partial charge in [-0.05, 0) is 48.4 Å². The van der Waals surface area contributed by atoms with Crippen molar-refractivity contribution in [2.45, 2.75) is 6.92 Å². The molecule has 2 aromatic carbocycles. The lowest BCUT2D eigenvalue weighted by molar-refractivity contribution is -0.139. The van der Waals surface area contributed by atoms with Crippen LogP contribution < -0.4 is 15.0 Å². The first-order valence-corrected chi connectivity index (χ1v) is 8.77. The molecule has 1 heterocycles. The molecule has 0 unspecified atom stereocenters. The average Bonchev–Trinajstić information content (AvgIpc) is 2.67. The molecular formula is C20H15ClN2O6. The van der Waals surface area contributed by atoms with Gasteiger partial charge in [0.15, 0.2) is 6.61 Å². The van der Waals surface area contributed by atoms with Crippen LogP contribution in [0.2, 0.25) is 5.02 Å². The van der Waals surface area contributed by atoms with Gasteiger partial charge in [-0.15, -0.1) is 0 Å². The molecule has 8 nitrogen and oxygen atoms in total. The number of nitrogens with zero attached hydrogens (tertiary/aromatic N) is 1. The summed E-state index contributed by atoms with van der Waals surface area (Å²) in [6.45, 7) is 1.12. The smallest absolute Gasteiger partial charge is 0.341 e. The zero-order chi connectivity index (χ0) is 21.1. The summed E-state index contributed by atoms with van der Waals surface area (Å²) in [7, 11) is 0. The number of urea groups is 1. The second kappa shape index (κ2) is 8.15. The van der Waals surface area contributed by atoms with Crippen molar-refractivity contribution in [1.82, 2.24) is 5.32 Å². The Morgan fingerprint density at radius 1 is 1.21 bits per heavy atom. The number of anilines is 1. The van der Waals surface area contributed by atoms with Crippen molar-refractivity contribution < 1.29 is 29.0 Å². The van der Waals surface area contributed by atoms with E-state index in [1.165, 1.54) is 12.1 Å². The van der Waals surface area contributed by atoms with Crippen LogP contribution in [-0.2, 0) is 14.4 Å². The highest BCUT2D eigenvalue weighted by Crippen LogP contribution is 2.29. The molecule has 9 heteroatoms. The Bertz CT molecular complexity index is 1060. The van der Waals surface area contributed by atoms with Crippen molar-refractivity contribution in [3.63, 3.8) is 0 Å². The third kappa shape index (κ3) is 4.27. The predicted octanol–water partition coefficient (Wildman–Crippen LogP) is 2.78. The van der Waals surface area contributed by atoms with E-state index in [0.29, 0.717) is 16.1 Å². The molecular weight excluding hydrogens is 400 g/mol. The van der Waals surface area contributed by atoms with Gasteiger partial charge >= 0.3 is 12.0 Å². The van der Waals surface area contributed by atoms with Crippen LogP contribution in [0.5, 0.6) is 5.75 Å². The number of ether oxygens (including phenoxy) is 1. The number of amides is 4. The van der Waals surface area contributed by atoms with E-state index in [9.17, 15) is 19.2 Å². The number of hydrogen-bond acceptors (Lipinski definition) is 5. The van der Waals surface area contributed by atoms with E-state index in [4.69, 9.17) is 21.4 Å². The summed E-state index contributed by atoms with van der Waals surface area (Å²) in [5.41, 5.74) is 0.926. The number of carbonyl (C=O) groups is 4. The number of barbiturate groups is 1. The third-order valence-corrected chi connectivity index (χ3v) is 4.52. The number of carboxylic acids is 1. The van der Waals surface area contributed by atoms with Gasteiger partial charge in [0.1, 0.15) is 11.3 Å². The van der Waals surface area contributed by atoms with Crippen molar-refractivity contribution in [1.29, 1.82) is 0 Å². The summed E-state index contributed by atoms with van der Waals surface area (Å²) in [6, 6.07) is 10.1. The number of imide groups is 2. The van der Waals surface area contributed by atoms with Gasteiger partial charge in [0, 0.05) is 5.02 Å². The van der Waals surface area contributed by atoms with Gasteiger partial charge in [-0.1, -0.05) is 29.8 Å². The molecule has 0 bridgehead atoms. The Kier molecular flexibility index (Phi) is 5.65. The molecule has 2 N–H and O–H groups in total. The van der Waals surface area contributed by atoms with Crippen LogP contribution in [0.3, 0.4) is 0 Å². The number of carboxylic acid groups (broad SMARTS) is 1. The average molecular weight is 415 g/mol. The summed E-state index contributed by atoms with van der Waals surface area (Å²) in [6.07, 6.45) is 1.30. The van der Waals surface area contributed by atoms with Gasteiger partial charge in [-0.2, -0.15) is 0 Å². The number of carbonyl (C=O) groups excluding carboxylic acids is 3. The van der Waals surface area contributed by atoms with E-state index in [-0.39, 0.29) is 17.0 Å². The lowest BCUT2D eigenvalue weighted by atomic mass is 10.1. The van der Waals surface area contributed by atoms with Crippen LogP contribution in [0.15, 0.2) is 48.0 Å². The van der Waals surface area contributed by atoms with Crippen molar-refractivity contribution in [2.24, 2.45) is 0 Å². The Labute approximate surface area is 170 Å². The third-order valence-electron chi connectivity index (χ3n) is 4.11. The summed E-state index contributed by atoms with van der Waals surface area (Å²) < 4.78 is 5.09. The van der Waals surface area contributed by atoms with Crippen LogP contribution >= 0.6 is 11.6 Å².